The molecule has 3 heterocycles. The van der Waals surface area contributed by atoms with Crippen molar-refractivity contribution in [3.8, 4) is 0 Å². The normalized spacial score (nSPS) is 39.4. The van der Waals surface area contributed by atoms with Gasteiger partial charge in [-0.1, -0.05) is 0 Å². The van der Waals surface area contributed by atoms with E-state index >= 15 is 0 Å². The molecule has 0 aromatic rings. The van der Waals surface area contributed by atoms with Crippen LogP contribution in [0.4, 0.5) is 4.79 Å². The lowest BCUT2D eigenvalue weighted by Crippen LogP contribution is -2.62. The Balaban J connectivity index is 1.18. The van der Waals surface area contributed by atoms with Gasteiger partial charge in [0.05, 0.1) is 31.9 Å². The molecule has 0 aromatic heterocycles. The molecule has 7 nitrogen and oxygen atoms in total. The second-order valence-corrected chi connectivity index (χ2v) is 9.24. The van der Waals surface area contributed by atoms with E-state index in [1.165, 1.54) is 12.8 Å². The third kappa shape index (κ3) is 3.11. The highest BCUT2D eigenvalue weighted by Gasteiger charge is 2.62. The number of amides is 2. The Hall–Kier alpha value is -1.34. The molecule has 5 aliphatic rings. The van der Waals surface area contributed by atoms with Gasteiger partial charge in [-0.05, 0) is 51.4 Å². The van der Waals surface area contributed by atoms with Gasteiger partial charge in [0.2, 0.25) is 5.91 Å². The molecule has 2 aliphatic carbocycles. The number of piperidine rings is 2. The van der Waals surface area contributed by atoms with Crippen LogP contribution in [0.5, 0.6) is 0 Å². The zero-order valence-electron chi connectivity index (χ0n) is 17.1. The van der Waals surface area contributed by atoms with Gasteiger partial charge in [-0.3, -0.25) is 14.6 Å². The summed E-state index contributed by atoms with van der Waals surface area (Å²) < 4.78 is 11.0. The highest BCUT2D eigenvalue weighted by molar-refractivity contribution is 5.83. The number of rotatable bonds is 5. The van der Waals surface area contributed by atoms with E-state index in [2.05, 4.69) is 16.7 Å². The molecule has 3 saturated heterocycles. The predicted octanol–water partition coefficient (Wildman–Crippen LogP) is 1.56. The molecule has 0 spiro atoms. The van der Waals surface area contributed by atoms with Crippen LogP contribution >= 0.6 is 0 Å². The summed E-state index contributed by atoms with van der Waals surface area (Å²) >= 11 is 0. The van der Waals surface area contributed by atoms with E-state index in [9.17, 15) is 9.59 Å². The monoisotopic (exact) mass is 391 g/mol. The predicted molar refractivity (Wildman–Crippen MR) is 103 cm³/mol. The number of carbonyl (C=O) groups is 2. The van der Waals surface area contributed by atoms with E-state index in [0.717, 1.165) is 32.5 Å². The third-order valence-corrected chi connectivity index (χ3v) is 7.61. The van der Waals surface area contributed by atoms with E-state index in [4.69, 9.17) is 9.47 Å². The van der Waals surface area contributed by atoms with Gasteiger partial charge < -0.3 is 14.4 Å². The highest BCUT2D eigenvalue weighted by Crippen LogP contribution is 2.54. The van der Waals surface area contributed by atoms with Gasteiger partial charge in [-0.15, -0.1) is 0 Å². The summed E-state index contributed by atoms with van der Waals surface area (Å²) in [6.07, 6.45) is 4.11. The van der Waals surface area contributed by atoms with Gasteiger partial charge in [-0.2, -0.15) is 0 Å². The Bertz CT molecular complexity index is 613. The molecule has 5 atom stereocenters. The Morgan fingerprint density at radius 2 is 1.68 bits per heavy atom. The summed E-state index contributed by atoms with van der Waals surface area (Å²) in [6.45, 7) is 8.56. The minimum atomic E-state index is -0.186. The fraction of sp³-hybridized carbons (Fsp3) is 0.905. The molecule has 2 bridgehead atoms. The molecule has 0 aromatic carbocycles. The third-order valence-electron chi connectivity index (χ3n) is 7.61. The van der Waals surface area contributed by atoms with Crippen molar-refractivity contribution in [2.45, 2.75) is 63.7 Å². The van der Waals surface area contributed by atoms with E-state index in [-0.39, 0.29) is 24.1 Å². The summed E-state index contributed by atoms with van der Waals surface area (Å²) in [5.74, 6) is 1.81. The van der Waals surface area contributed by atoms with Crippen molar-refractivity contribution >= 4 is 12.0 Å². The van der Waals surface area contributed by atoms with Gasteiger partial charge in [0.25, 0.3) is 0 Å². The summed E-state index contributed by atoms with van der Waals surface area (Å²) in [5, 5.41) is 0. The molecule has 156 valence electrons. The molecule has 5 rings (SSSR count). The first-order valence-electron chi connectivity index (χ1n) is 11.2. The molecule has 3 unspecified atom stereocenters. The van der Waals surface area contributed by atoms with E-state index in [1.54, 1.807) is 0 Å². The summed E-state index contributed by atoms with van der Waals surface area (Å²) in [4.78, 5) is 31.9. The quantitative estimate of drug-likeness (QED) is 0.712. The smallest absolute Gasteiger partial charge is 0.410 e. The van der Waals surface area contributed by atoms with Crippen molar-refractivity contribution in [3.63, 3.8) is 0 Å². The fourth-order valence-corrected chi connectivity index (χ4v) is 6.08. The minimum Gasteiger partial charge on any atom is -0.450 e. The van der Waals surface area contributed by atoms with E-state index in [1.807, 2.05) is 11.8 Å². The Morgan fingerprint density at radius 3 is 2.21 bits per heavy atom. The molecular formula is C21H33N3O4. The average molecular weight is 392 g/mol. The Kier molecular flexibility index (Phi) is 4.78. The molecule has 0 radical (unpaired) electrons. The SMILES string of the molecule is CCOC(=O)N1C2COCC1CC(N1C[C@@H]3C(C(=O)N(CC)C4CC4)[C@@H]3C1)C2. The van der Waals surface area contributed by atoms with Gasteiger partial charge >= 0.3 is 6.09 Å². The lowest BCUT2D eigenvalue weighted by Gasteiger charge is -2.49. The lowest BCUT2D eigenvalue weighted by molar-refractivity contribution is -0.134. The van der Waals surface area contributed by atoms with Crippen LogP contribution in [0.15, 0.2) is 0 Å². The van der Waals surface area contributed by atoms with Crippen LogP contribution in [0.3, 0.4) is 0 Å². The maximum absolute atomic E-state index is 12.9. The standard InChI is InChI=1S/C21H33N3O4/c1-3-23(13-5-6-13)20(25)19-17-9-22(10-18(17)19)14-7-15-11-27-12-16(8-14)24(15)21(26)28-4-2/h13-19H,3-12H2,1-2H3/t14?,15?,16?,17-,18+,19?. The number of fused-ring (bicyclic) bond motifs is 3. The number of carbonyl (C=O) groups excluding carboxylic acids is 2. The van der Waals surface area contributed by atoms with E-state index in [0.29, 0.717) is 49.6 Å². The number of hydrogen-bond donors (Lipinski definition) is 0. The molecule has 5 fully saturated rings. The Labute approximate surface area is 167 Å². The number of hydrogen-bond acceptors (Lipinski definition) is 5. The van der Waals surface area contributed by atoms with Gasteiger partial charge in [0.15, 0.2) is 0 Å². The fourth-order valence-electron chi connectivity index (χ4n) is 6.08. The molecule has 2 saturated carbocycles. The largest absolute Gasteiger partial charge is 0.450 e. The summed E-state index contributed by atoms with van der Waals surface area (Å²) in [6, 6.07) is 1.27. The number of morpholine rings is 1. The zero-order chi connectivity index (χ0) is 19.4. The van der Waals surface area contributed by atoms with Crippen molar-refractivity contribution in [2.75, 3.05) is 39.5 Å². The molecule has 2 amide bonds. The number of likely N-dealkylation sites (tertiary alicyclic amines) is 1. The van der Waals surface area contributed by atoms with Crippen molar-refractivity contribution < 1.29 is 19.1 Å². The van der Waals surface area contributed by atoms with E-state index < -0.39 is 0 Å². The minimum absolute atomic E-state index is 0.122. The Morgan fingerprint density at radius 1 is 1.04 bits per heavy atom. The maximum atomic E-state index is 12.9. The maximum Gasteiger partial charge on any atom is 0.410 e. The lowest BCUT2D eigenvalue weighted by atomic mass is 9.89. The summed E-state index contributed by atoms with van der Waals surface area (Å²) in [7, 11) is 0. The molecule has 0 N–H and O–H groups in total. The number of nitrogens with zero attached hydrogens (tertiary/aromatic N) is 3. The van der Waals surface area contributed by atoms with Crippen LogP contribution in [0.1, 0.15) is 39.5 Å². The topological polar surface area (TPSA) is 62.3 Å². The second kappa shape index (κ2) is 7.17. The second-order valence-electron chi connectivity index (χ2n) is 9.24. The first kappa shape index (κ1) is 18.7. The summed E-state index contributed by atoms with van der Waals surface area (Å²) in [5.41, 5.74) is 0. The van der Waals surface area contributed by atoms with Crippen LogP contribution in [0, 0.1) is 17.8 Å². The van der Waals surface area contributed by atoms with Crippen molar-refractivity contribution in [3.05, 3.63) is 0 Å². The average Bonchev–Trinajstić information content (AvgIpc) is 3.58. The zero-order valence-corrected chi connectivity index (χ0v) is 17.1. The van der Waals surface area contributed by atoms with Crippen LogP contribution in [0.2, 0.25) is 0 Å². The molecular weight excluding hydrogens is 358 g/mol. The van der Waals surface area contributed by atoms with Crippen LogP contribution < -0.4 is 0 Å². The van der Waals surface area contributed by atoms with Gasteiger partial charge in [0.1, 0.15) is 0 Å². The van der Waals surface area contributed by atoms with Crippen molar-refractivity contribution in [1.82, 2.24) is 14.7 Å². The van der Waals surface area contributed by atoms with Crippen LogP contribution in [-0.2, 0) is 14.3 Å². The first-order chi connectivity index (χ1) is 13.6. The highest BCUT2D eigenvalue weighted by atomic mass is 16.6. The molecule has 7 heteroatoms. The van der Waals surface area contributed by atoms with Crippen LogP contribution in [0.25, 0.3) is 0 Å². The van der Waals surface area contributed by atoms with Gasteiger partial charge in [0, 0.05) is 37.6 Å². The van der Waals surface area contributed by atoms with Gasteiger partial charge in [-0.25, -0.2) is 4.79 Å². The molecule has 28 heavy (non-hydrogen) atoms. The van der Waals surface area contributed by atoms with Crippen molar-refractivity contribution in [2.24, 2.45) is 17.8 Å². The van der Waals surface area contributed by atoms with Crippen molar-refractivity contribution in [1.29, 1.82) is 0 Å². The number of ether oxygens (including phenoxy) is 2. The molecule has 3 aliphatic heterocycles. The first-order valence-corrected chi connectivity index (χ1v) is 11.2. The van der Waals surface area contributed by atoms with Crippen LogP contribution in [-0.4, -0.2) is 90.3 Å².